The summed E-state index contributed by atoms with van der Waals surface area (Å²) in [6.45, 7) is 10.1. The third-order valence-electron chi connectivity index (χ3n) is 10.3. The van der Waals surface area contributed by atoms with Crippen LogP contribution in [0.4, 0.5) is 0 Å². The number of esters is 5. The van der Waals surface area contributed by atoms with E-state index in [1.807, 2.05) is 0 Å². The van der Waals surface area contributed by atoms with Crippen molar-refractivity contribution < 1.29 is 61.9 Å². The minimum Gasteiger partial charge on any atom is -0.472 e. The molecule has 3 aliphatic rings. The maximum atomic E-state index is 13.9. The molecule has 14 heteroatoms. The SMILES string of the molecule is CC[C@@H](C)C(=O)OC[C@]12[C@@H](OC(=O)c3ccoc3)C[C@@H]3[C@@H](OC(C)=O)[C@]1(OC3(C)C)[C@@](C)(O)C[C@H](OC(C)=O)[C@@H]2OC(=O)c1cccnc1. The lowest BCUT2D eigenvalue weighted by Crippen LogP contribution is -2.83. The summed E-state index contributed by atoms with van der Waals surface area (Å²) >= 11 is 0. The third-order valence-corrected chi connectivity index (χ3v) is 10.3. The Balaban J connectivity index is 1.82. The first-order chi connectivity index (χ1) is 23.0. The molecule has 0 aromatic carbocycles. The monoisotopic (exact) mass is 685 g/mol. The fourth-order valence-corrected chi connectivity index (χ4v) is 7.96. The van der Waals surface area contributed by atoms with Crippen molar-refractivity contribution in [3.8, 4) is 0 Å². The Bertz CT molecular complexity index is 1570. The molecule has 49 heavy (non-hydrogen) atoms. The number of carbonyl (C=O) groups is 5. The smallest absolute Gasteiger partial charge is 0.341 e. The summed E-state index contributed by atoms with van der Waals surface area (Å²) in [5, 5.41) is 12.7. The van der Waals surface area contributed by atoms with Gasteiger partial charge in [0.2, 0.25) is 0 Å². The van der Waals surface area contributed by atoms with Gasteiger partial charge in [-0.25, -0.2) is 9.59 Å². The van der Waals surface area contributed by atoms with Crippen molar-refractivity contribution in [2.24, 2.45) is 17.3 Å². The Hall–Kier alpha value is -4.30. The number of furan rings is 1. The molecule has 2 aromatic heterocycles. The molecule has 1 spiro atoms. The van der Waals surface area contributed by atoms with Gasteiger partial charge in [0.15, 0.2) is 11.7 Å². The molecular weight excluding hydrogens is 642 g/mol. The zero-order chi connectivity index (χ0) is 35.9. The van der Waals surface area contributed by atoms with Crippen molar-refractivity contribution in [1.29, 1.82) is 0 Å². The van der Waals surface area contributed by atoms with E-state index in [4.69, 9.17) is 32.8 Å². The minimum atomic E-state index is -2.08. The Kier molecular flexibility index (Phi) is 9.69. The molecule has 3 fully saturated rings. The van der Waals surface area contributed by atoms with E-state index in [-0.39, 0.29) is 24.0 Å². The Labute approximate surface area is 283 Å². The molecule has 1 saturated heterocycles. The van der Waals surface area contributed by atoms with Crippen LogP contribution in [0.1, 0.15) is 88.4 Å². The summed E-state index contributed by atoms with van der Waals surface area (Å²) in [6, 6.07) is 4.38. The fraction of sp³-hybridized carbons (Fsp3) is 0.600. The van der Waals surface area contributed by atoms with Crippen LogP contribution >= 0.6 is 0 Å². The van der Waals surface area contributed by atoms with Crippen LogP contribution in [-0.2, 0) is 42.8 Å². The molecule has 2 aliphatic carbocycles. The van der Waals surface area contributed by atoms with Crippen LogP contribution in [0, 0.1) is 17.3 Å². The van der Waals surface area contributed by atoms with Crippen molar-refractivity contribution in [2.75, 3.05) is 6.61 Å². The van der Waals surface area contributed by atoms with Crippen molar-refractivity contribution in [1.82, 2.24) is 4.98 Å². The van der Waals surface area contributed by atoms with Gasteiger partial charge in [-0.15, -0.1) is 0 Å². The number of rotatable bonds is 10. The molecule has 2 aromatic rings. The molecule has 9 atom stereocenters. The van der Waals surface area contributed by atoms with Gasteiger partial charge in [0.1, 0.15) is 36.6 Å². The fourth-order valence-electron chi connectivity index (χ4n) is 7.96. The Morgan fingerprint density at radius 1 is 0.980 bits per heavy atom. The molecule has 5 rings (SSSR count). The summed E-state index contributed by atoms with van der Waals surface area (Å²) < 4.78 is 42.3. The average molecular weight is 686 g/mol. The molecule has 14 nitrogen and oxygen atoms in total. The van der Waals surface area contributed by atoms with Crippen LogP contribution in [0.15, 0.2) is 47.5 Å². The van der Waals surface area contributed by atoms with Gasteiger partial charge < -0.3 is 37.9 Å². The molecule has 0 radical (unpaired) electrons. The van der Waals surface area contributed by atoms with Gasteiger partial charge in [-0.05, 0) is 51.8 Å². The number of aromatic nitrogens is 1. The van der Waals surface area contributed by atoms with Crippen molar-refractivity contribution in [3.05, 3.63) is 54.2 Å². The van der Waals surface area contributed by atoms with Gasteiger partial charge in [0.25, 0.3) is 0 Å². The molecule has 0 amide bonds. The first-order valence-corrected chi connectivity index (χ1v) is 16.3. The second-order valence-corrected chi connectivity index (χ2v) is 13.9. The Morgan fingerprint density at radius 3 is 2.27 bits per heavy atom. The Morgan fingerprint density at radius 2 is 1.67 bits per heavy atom. The molecule has 2 saturated carbocycles. The summed E-state index contributed by atoms with van der Waals surface area (Å²) in [6.07, 6.45) is -0.394. The number of fused-ring (bicyclic) bond motifs is 1. The van der Waals surface area contributed by atoms with Crippen molar-refractivity contribution in [2.45, 2.75) is 109 Å². The molecule has 3 heterocycles. The van der Waals surface area contributed by atoms with Crippen molar-refractivity contribution >= 4 is 29.8 Å². The molecule has 2 bridgehead atoms. The van der Waals surface area contributed by atoms with Crippen molar-refractivity contribution in [3.63, 3.8) is 0 Å². The normalized spacial score (nSPS) is 33.3. The third kappa shape index (κ3) is 6.09. The van der Waals surface area contributed by atoms with Gasteiger partial charge in [0, 0.05) is 38.6 Å². The lowest BCUT2D eigenvalue weighted by molar-refractivity contribution is -0.354. The molecular formula is C35H43NO13. The summed E-state index contributed by atoms with van der Waals surface area (Å²) in [5.74, 6) is -5.11. The van der Waals surface area contributed by atoms with E-state index in [1.54, 1.807) is 27.7 Å². The standard InChI is InChI=1S/C35H43NO13/c1-8-19(2)29(39)44-18-34-26(47-31(41)23-11-13-43-17-23)14-24-27(46-21(4)38)35(34,49-32(24,5)6)33(7,42)15-25(45-20(3)37)28(34)48-30(40)22-10-9-12-36-16-22/h9-13,16-17,19,24-28,42H,8,14-15,18H2,1-7H3/t19-,24-,25+,26+,27-,28+,33+,34-,35+/m1/s1. The highest BCUT2D eigenvalue weighted by Crippen LogP contribution is 2.69. The minimum absolute atomic E-state index is 0.0343. The van der Waals surface area contributed by atoms with Crippen LogP contribution < -0.4 is 0 Å². The predicted molar refractivity (Wildman–Crippen MR) is 167 cm³/mol. The number of hydrogen-bond donors (Lipinski definition) is 1. The van der Waals surface area contributed by atoms with E-state index in [0.29, 0.717) is 6.42 Å². The number of hydrogen-bond acceptors (Lipinski definition) is 14. The van der Waals surface area contributed by atoms with E-state index in [1.165, 1.54) is 57.0 Å². The second-order valence-electron chi connectivity index (χ2n) is 13.9. The zero-order valence-corrected chi connectivity index (χ0v) is 28.6. The summed E-state index contributed by atoms with van der Waals surface area (Å²) in [4.78, 5) is 70.5. The van der Waals surface area contributed by atoms with Crippen LogP contribution in [0.5, 0.6) is 0 Å². The molecule has 1 aliphatic heterocycles. The van der Waals surface area contributed by atoms with E-state index in [0.717, 1.165) is 6.92 Å². The highest BCUT2D eigenvalue weighted by atomic mass is 16.6. The van der Waals surface area contributed by atoms with Crippen LogP contribution in [0.2, 0.25) is 0 Å². The number of pyridine rings is 1. The van der Waals surface area contributed by atoms with Crippen LogP contribution in [0.25, 0.3) is 0 Å². The van der Waals surface area contributed by atoms with Gasteiger partial charge in [-0.1, -0.05) is 13.8 Å². The first kappa shape index (κ1) is 36.0. The molecule has 266 valence electrons. The van der Waals surface area contributed by atoms with Crippen LogP contribution in [-0.4, -0.2) is 87.8 Å². The number of ether oxygens (including phenoxy) is 6. The lowest BCUT2D eigenvalue weighted by Gasteiger charge is -2.65. The van der Waals surface area contributed by atoms with Gasteiger partial charge in [-0.2, -0.15) is 0 Å². The largest absolute Gasteiger partial charge is 0.472 e. The summed E-state index contributed by atoms with van der Waals surface area (Å²) in [7, 11) is 0. The maximum absolute atomic E-state index is 13.9. The van der Waals surface area contributed by atoms with E-state index >= 15 is 0 Å². The first-order valence-electron chi connectivity index (χ1n) is 16.3. The quantitative estimate of drug-likeness (QED) is 0.282. The highest BCUT2D eigenvalue weighted by Gasteiger charge is 2.86. The highest BCUT2D eigenvalue weighted by molar-refractivity contribution is 5.90. The molecule has 1 N–H and O–H groups in total. The van der Waals surface area contributed by atoms with E-state index < -0.39 is 94.9 Å². The maximum Gasteiger partial charge on any atom is 0.341 e. The number of carbonyl (C=O) groups excluding carboxylic acids is 5. The van der Waals surface area contributed by atoms with E-state index in [9.17, 15) is 29.1 Å². The van der Waals surface area contributed by atoms with E-state index in [2.05, 4.69) is 4.98 Å². The van der Waals surface area contributed by atoms with Crippen LogP contribution in [0.3, 0.4) is 0 Å². The van der Waals surface area contributed by atoms with Gasteiger partial charge in [-0.3, -0.25) is 19.4 Å². The summed E-state index contributed by atoms with van der Waals surface area (Å²) in [5.41, 5.74) is -7.25. The molecule has 0 unspecified atom stereocenters. The number of aliphatic hydroxyl groups is 1. The average Bonchev–Trinajstić information content (AvgIpc) is 3.63. The lowest BCUT2D eigenvalue weighted by atomic mass is 9.46. The second kappa shape index (κ2) is 13.2. The predicted octanol–water partition coefficient (Wildman–Crippen LogP) is 3.59. The topological polar surface area (TPSA) is 187 Å². The number of nitrogens with zero attached hydrogens (tertiary/aromatic N) is 1. The van der Waals surface area contributed by atoms with Gasteiger partial charge >= 0.3 is 29.8 Å². The zero-order valence-electron chi connectivity index (χ0n) is 28.6. The van der Waals surface area contributed by atoms with Gasteiger partial charge in [0.05, 0.1) is 34.5 Å².